The topological polar surface area (TPSA) is 55.6 Å². The molecule has 2 N–H and O–H groups in total. The quantitative estimate of drug-likeness (QED) is 0.947. The van der Waals surface area contributed by atoms with Crippen LogP contribution in [0.1, 0.15) is 21.0 Å². The third-order valence-corrected chi connectivity index (χ3v) is 5.08. The Kier molecular flexibility index (Phi) is 4.18. The van der Waals surface area contributed by atoms with Crippen molar-refractivity contribution in [1.82, 2.24) is 4.90 Å². The van der Waals surface area contributed by atoms with E-state index in [0.29, 0.717) is 6.54 Å². The summed E-state index contributed by atoms with van der Waals surface area (Å²) in [7, 11) is 1.66. The molecule has 22 heavy (non-hydrogen) atoms. The first kappa shape index (κ1) is 15.1. The van der Waals surface area contributed by atoms with Crippen LogP contribution in [0.2, 0.25) is 0 Å². The average molecular weight is 316 g/mol. The van der Waals surface area contributed by atoms with Crippen LogP contribution in [0, 0.1) is 6.92 Å². The molecule has 1 saturated heterocycles. The summed E-state index contributed by atoms with van der Waals surface area (Å²) in [5, 5.41) is 0. The molecule has 1 amide bonds. The molecule has 0 bridgehead atoms. The number of carbonyl (C=O) groups is 1. The van der Waals surface area contributed by atoms with Gasteiger partial charge in [-0.05, 0) is 42.7 Å². The number of aryl methyl sites for hydroxylation is 1. The largest absolute Gasteiger partial charge is 0.497 e. The number of carbonyl (C=O) groups excluding carboxylic acids is 1. The van der Waals surface area contributed by atoms with Gasteiger partial charge in [-0.1, -0.05) is 12.1 Å². The fraction of sp³-hybridized carbons (Fsp3) is 0.353. The third-order valence-electron chi connectivity index (χ3n) is 4.04. The van der Waals surface area contributed by atoms with E-state index in [2.05, 4.69) is 6.92 Å². The number of thiophene rings is 1. The van der Waals surface area contributed by atoms with Crippen LogP contribution in [0.25, 0.3) is 11.1 Å². The number of likely N-dealkylation sites (tertiary alicyclic amines) is 1. The average Bonchev–Trinajstić information content (AvgIpc) is 3.13. The molecule has 1 aromatic carbocycles. The summed E-state index contributed by atoms with van der Waals surface area (Å²) in [5.41, 5.74) is 8.11. The van der Waals surface area contributed by atoms with Crippen LogP contribution in [0.4, 0.5) is 0 Å². The Morgan fingerprint density at radius 1 is 1.36 bits per heavy atom. The normalized spacial score (nSPS) is 17.8. The summed E-state index contributed by atoms with van der Waals surface area (Å²) >= 11 is 1.55. The second-order valence-electron chi connectivity index (χ2n) is 5.61. The molecule has 1 aromatic heterocycles. The van der Waals surface area contributed by atoms with Crippen LogP contribution in [0.15, 0.2) is 30.3 Å². The monoisotopic (exact) mass is 316 g/mol. The molecule has 0 spiro atoms. The molecule has 1 aliphatic rings. The summed E-state index contributed by atoms with van der Waals surface area (Å²) in [5.74, 6) is 0.930. The molecule has 3 rings (SSSR count). The van der Waals surface area contributed by atoms with Gasteiger partial charge in [0.15, 0.2) is 0 Å². The zero-order chi connectivity index (χ0) is 15.7. The molecular formula is C17H20N2O2S. The Balaban J connectivity index is 1.85. The molecule has 0 unspecified atom stereocenters. The smallest absolute Gasteiger partial charge is 0.264 e. The third kappa shape index (κ3) is 2.87. The lowest BCUT2D eigenvalue weighted by atomic mass is 10.1. The van der Waals surface area contributed by atoms with Gasteiger partial charge in [0.2, 0.25) is 0 Å². The Labute approximate surface area is 134 Å². The fourth-order valence-electron chi connectivity index (χ4n) is 2.77. The zero-order valence-corrected chi connectivity index (χ0v) is 13.7. The fourth-order valence-corrected chi connectivity index (χ4v) is 3.78. The number of benzene rings is 1. The van der Waals surface area contributed by atoms with E-state index >= 15 is 0 Å². The lowest BCUT2D eigenvalue weighted by molar-refractivity contribution is 0.0795. The Morgan fingerprint density at radius 2 is 2.09 bits per heavy atom. The standard InChI is InChI=1S/C17H20N2O2S/c1-11-15(12-3-5-14(21-2)6-4-12)9-16(22-11)17(20)19-8-7-13(18)10-19/h3-6,9,13H,7-8,10,18H2,1-2H3/t13-/m0/s1. The predicted octanol–water partition coefficient (Wildman–Crippen LogP) is 2.91. The molecular weight excluding hydrogens is 296 g/mol. The van der Waals surface area contributed by atoms with Gasteiger partial charge in [0.1, 0.15) is 5.75 Å². The summed E-state index contributed by atoms with van der Waals surface area (Å²) in [6, 6.07) is 10.0. The Bertz CT molecular complexity index is 678. The number of rotatable bonds is 3. The van der Waals surface area contributed by atoms with Crippen molar-refractivity contribution in [2.45, 2.75) is 19.4 Å². The summed E-state index contributed by atoms with van der Waals surface area (Å²) in [6.07, 6.45) is 0.890. The predicted molar refractivity (Wildman–Crippen MR) is 89.5 cm³/mol. The molecule has 0 saturated carbocycles. The van der Waals surface area contributed by atoms with Crippen molar-refractivity contribution in [2.24, 2.45) is 5.73 Å². The number of methoxy groups -OCH3 is 1. The minimum Gasteiger partial charge on any atom is -0.497 e. The van der Waals surface area contributed by atoms with Crippen LogP contribution in [0.3, 0.4) is 0 Å². The maximum atomic E-state index is 12.6. The Morgan fingerprint density at radius 3 is 2.68 bits per heavy atom. The van der Waals surface area contributed by atoms with Gasteiger partial charge in [-0.2, -0.15) is 0 Å². The van der Waals surface area contributed by atoms with Gasteiger partial charge in [0.05, 0.1) is 12.0 Å². The number of ether oxygens (including phenoxy) is 1. The molecule has 5 heteroatoms. The number of hydrogen-bond acceptors (Lipinski definition) is 4. The molecule has 2 heterocycles. The van der Waals surface area contributed by atoms with E-state index < -0.39 is 0 Å². The molecule has 1 fully saturated rings. The number of amides is 1. The summed E-state index contributed by atoms with van der Waals surface area (Å²) < 4.78 is 5.19. The highest BCUT2D eigenvalue weighted by molar-refractivity contribution is 7.14. The van der Waals surface area contributed by atoms with E-state index in [9.17, 15) is 4.79 Å². The maximum Gasteiger partial charge on any atom is 0.264 e. The summed E-state index contributed by atoms with van der Waals surface area (Å²) in [6.45, 7) is 3.47. The van der Waals surface area contributed by atoms with Crippen LogP contribution in [0.5, 0.6) is 5.75 Å². The number of nitrogens with two attached hydrogens (primary N) is 1. The van der Waals surface area contributed by atoms with E-state index in [1.54, 1.807) is 18.4 Å². The number of hydrogen-bond donors (Lipinski definition) is 1. The molecule has 1 aliphatic heterocycles. The lowest BCUT2D eigenvalue weighted by Crippen LogP contribution is -2.31. The van der Waals surface area contributed by atoms with E-state index in [1.165, 1.54) is 0 Å². The van der Waals surface area contributed by atoms with Crippen molar-refractivity contribution in [1.29, 1.82) is 0 Å². The van der Waals surface area contributed by atoms with Gasteiger partial charge >= 0.3 is 0 Å². The van der Waals surface area contributed by atoms with E-state index in [4.69, 9.17) is 10.5 Å². The lowest BCUT2D eigenvalue weighted by Gasteiger charge is -2.14. The zero-order valence-electron chi connectivity index (χ0n) is 12.8. The van der Waals surface area contributed by atoms with Crippen LogP contribution in [-0.2, 0) is 0 Å². The molecule has 116 valence electrons. The van der Waals surface area contributed by atoms with Crippen LogP contribution in [-0.4, -0.2) is 37.0 Å². The minimum atomic E-state index is 0.0980. The van der Waals surface area contributed by atoms with Crippen molar-refractivity contribution < 1.29 is 9.53 Å². The first-order valence-electron chi connectivity index (χ1n) is 7.38. The van der Waals surface area contributed by atoms with Crippen molar-refractivity contribution >= 4 is 17.2 Å². The highest BCUT2D eigenvalue weighted by Gasteiger charge is 2.26. The van der Waals surface area contributed by atoms with Gasteiger partial charge in [0, 0.05) is 24.0 Å². The SMILES string of the molecule is COc1ccc(-c2cc(C(=O)N3CC[C@H](N)C3)sc2C)cc1. The van der Waals surface area contributed by atoms with Crippen molar-refractivity contribution in [3.05, 3.63) is 40.1 Å². The van der Waals surface area contributed by atoms with E-state index in [-0.39, 0.29) is 11.9 Å². The Hall–Kier alpha value is -1.85. The highest BCUT2D eigenvalue weighted by atomic mass is 32.1. The second-order valence-corrected chi connectivity index (χ2v) is 6.87. The number of nitrogens with zero attached hydrogens (tertiary/aromatic N) is 1. The first-order valence-corrected chi connectivity index (χ1v) is 8.20. The molecule has 1 atom stereocenters. The molecule has 2 aromatic rings. The van der Waals surface area contributed by atoms with Crippen LogP contribution >= 0.6 is 11.3 Å². The molecule has 0 radical (unpaired) electrons. The van der Waals surface area contributed by atoms with Gasteiger partial charge in [-0.3, -0.25) is 4.79 Å². The van der Waals surface area contributed by atoms with Crippen molar-refractivity contribution in [3.63, 3.8) is 0 Å². The first-order chi connectivity index (χ1) is 10.6. The van der Waals surface area contributed by atoms with Crippen LogP contribution < -0.4 is 10.5 Å². The molecule has 0 aliphatic carbocycles. The van der Waals surface area contributed by atoms with Gasteiger partial charge in [-0.15, -0.1) is 11.3 Å². The van der Waals surface area contributed by atoms with Gasteiger partial charge < -0.3 is 15.4 Å². The van der Waals surface area contributed by atoms with Crippen molar-refractivity contribution in [2.75, 3.05) is 20.2 Å². The highest BCUT2D eigenvalue weighted by Crippen LogP contribution is 2.33. The van der Waals surface area contributed by atoms with E-state index in [1.807, 2.05) is 35.2 Å². The second kappa shape index (κ2) is 6.10. The van der Waals surface area contributed by atoms with Gasteiger partial charge in [-0.25, -0.2) is 0 Å². The summed E-state index contributed by atoms with van der Waals surface area (Å²) in [4.78, 5) is 16.3. The van der Waals surface area contributed by atoms with Gasteiger partial charge in [0.25, 0.3) is 5.91 Å². The van der Waals surface area contributed by atoms with E-state index in [0.717, 1.165) is 39.6 Å². The van der Waals surface area contributed by atoms with Crippen molar-refractivity contribution in [3.8, 4) is 16.9 Å². The molecule has 4 nitrogen and oxygen atoms in total. The minimum absolute atomic E-state index is 0.0980. The maximum absolute atomic E-state index is 12.6.